The fourth-order valence-electron chi connectivity index (χ4n) is 2.03. The summed E-state index contributed by atoms with van der Waals surface area (Å²) < 4.78 is 6.46. The molecule has 0 aromatic carbocycles. The third-order valence-electron chi connectivity index (χ3n) is 3.08. The maximum atomic E-state index is 12.3. The highest BCUT2D eigenvalue weighted by atomic mass is 16.5. The third kappa shape index (κ3) is 2.93. The fraction of sp³-hybridized carbons (Fsp3) is 0.385. The van der Waals surface area contributed by atoms with Crippen LogP contribution in [0.3, 0.4) is 0 Å². The molecule has 0 saturated heterocycles. The first-order valence-corrected chi connectivity index (χ1v) is 6.41. The molecule has 0 spiro atoms. The second-order valence-corrected chi connectivity index (χ2v) is 4.61. The van der Waals surface area contributed by atoms with Gasteiger partial charge >= 0.3 is 5.97 Å². The minimum Gasteiger partial charge on any atom is -0.479 e. The number of nitrogens with one attached hydrogen (secondary N) is 1. The van der Waals surface area contributed by atoms with E-state index < -0.39 is 17.9 Å². The molecule has 112 valence electrons. The van der Waals surface area contributed by atoms with Crippen LogP contribution in [0.25, 0.3) is 0 Å². The maximum absolute atomic E-state index is 12.3. The largest absolute Gasteiger partial charge is 0.479 e. The van der Waals surface area contributed by atoms with E-state index in [1.54, 1.807) is 20.2 Å². The molecular weight excluding hydrogens is 276 g/mol. The van der Waals surface area contributed by atoms with E-state index in [2.05, 4.69) is 15.6 Å². The molecule has 2 rings (SSSR count). The summed E-state index contributed by atoms with van der Waals surface area (Å²) in [6.07, 6.45) is 3.46. The Morgan fingerprint density at radius 3 is 2.76 bits per heavy atom. The van der Waals surface area contributed by atoms with E-state index >= 15 is 0 Å². The number of carboxylic acids is 1. The molecule has 0 radical (unpaired) electrons. The molecule has 21 heavy (non-hydrogen) atoms. The summed E-state index contributed by atoms with van der Waals surface area (Å²) >= 11 is 0. The average Bonchev–Trinajstić information content (AvgIpc) is 3.01. The molecule has 0 bridgehead atoms. The molecule has 8 heteroatoms. The summed E-state index contributed by atoms with van der Waals surface area (Å²) in [6, 6.07) is -1.18. The number of carbonyl (C=O) groups is 2. The molecule has 1 unspecified atom stereocenters. The quantitative estimate of drug-likeness (QED) is 0.844. The van der Waals surface area contributed by atoms with Crippen molar-refractivity contribution in [2.75, 3.05) is 0 Å². The molecular formula is C13H16N4O4. The van der Waals surface area contributed by atoms with Crippen molar-refractivity contribution in [3.05, 3.63) is 35.0 Å². The number of hydrogen-bond donors (Lipinski definition) is 2. The van der Waals surface area contributed by atoms with Gasteiger partial charge in [-0.15, -0.1) is 0 Å². The lowest BCUT2D eigenvalue weighted by Crippen LogP contribution is -2.34. The summed E-state index contributed by atoms with van der Waals surface area (Å²) in [4.78, 5) is 23.7. The van der Waals surface area contributed by atoms with Crippen molar-refractivity contribution in [3.8, 4) is 0 Å². The van der Waals surface area contributed by atoms with Crippen molar-refractivity contribution in [3.63, 3.8) is 0 Å². The number of carbonyl (C=O) groups excluding carboxylic acids is 1. The van der Waals surface area contributed by atoms with E-state index in [1.165, 1.54) is 10.9 Å². The van der Waals surface area contributed by atoms with Crippen LogP contribution in [0.2, 0.25) is 0 Å². The maximum Gasteiger partial charge on any atom is 0.331 e. The van der Waals surface area contributed by atoms with Crippen molar-refractivity contribution in [1.82, 2.24) is 20.3 Å². The number of hydrogen-bond acceptors (Lipinski definition) is 5. The zero-order valence-corrected chi connectivity index (χ0v) is 12.0. The Labute approximate surface area is 120 Å². The molecule has 1 atom stereocenters. The molecule has 0 aliphatic rings. The number of aliphatic carboxylic acids is 1. The minimum absolute atomic E-state index is 0.285. The lowest BCUT2D eigenvalue weighted by molar-refractivity contribution is -0.139. The third-order valence-corrected chi connectivity index (χ3v) is 3.08. The average molecular weight is 292 g/mol. The van der Waals surface area contributed by atoms with E-state index in [-0.39, 0.29) is 5.56 Å². The van der Waals surface area contributed by atoms with Gasteiger partial charge in [0.2, 0.25) is 0 Å². The van der Waals surface area contributed by atoms with E-state index in [9.17, 15) is 14.7 Å². The highest BCUT2D eigenvalue weighted by Gasteiger charge is 2.27. The SMILES string of the molecule is CCc1noc(C)c1C(=O)NC(C(=O)O)c1cnn(C)c1. The second kappa shape index (κ2) is 5.78. The Morgan fingerprint density at radius 1 is 1.52 bits per heavy atom. The topological polar surface area (TPSA) is 110 Å². The molecule has 0 aliphatic heterocycles. The summed E-state index contributed by atoms with van der Waals surface area (Å²) in [7, 11) is 1.67. The summed E-state index contributed by atoms with van der Waals surface area (Å²) in [5, 5.41) is 19.5. The van der Waals surface area contributed by atoms with Crippen LogP contribution in [-0.4, -0.2) is 31.9 Å². The van der Waals surface area contributed by atoms with Crippen LogP contribution in [0.4, 0.5) is 0 Å². The van der Waals surface area contributed by atoms with E-state index in [0.717, 1.165) is 0 Å². The van der Waals surface area contributed by atoms with Crippen LogP contribution in [0.15, 0.2) is 16.9 Å². The highest BCUT2D eigenvalue weighted by Crippen LogP contribution is 2.17. The Morgan fingerprint density at radius 2 is 2.24 bits per heavy atom. The molecule has 2 aromatic rings. The summed E-state index contributed by atoms with van der Waals surface area (Å²) in [6.45, 7) is 3.45. The Balaban J connectivity index is 2.27. The van der Waals surface area contributed by atoms with Crippen LogP contribution in [0.5, 0.6) is 0 Å². The van der Waals surface area contributed by atoms with E-state index in [0.29, 0.717) is 23.4 Å². The van der Waals surface area contributed by atoms with Gasteiger partial charge in [-0.05, 0) is 13.3 Å². The van der Waals surface area contributed by atoms with Gasteiger partial charge in [-0.3, -0.25) is 9.48 Å². The van der Waals surface area contributed by atoms with Gasteiger partial charge in [-0.25, -0.2) is 4.79 Å². The van der Waals surface area contributed by atoms with Gasteiger partial charge in [-0.1, -0.05) is 12.1 Å². The zero-order valence-electron chi connectivity index (χ0n) is 12.0. The number of amides is 1. The summed E-state index contributed by atoms with van der Waals surface area (Å²) in [5.41, 5.74) is 1.18. The number of aryl methyl sites for hydroxylation is 3. The Kier molecular flexibility index (Phi) is 4.06. The molecule has 2 heterocycles. The fourth-order valence-corrected chi connectivity index (χ4v) is 2.03. The predicted molar refractivity (Wildman–Crippen MR) is 71.7 cm³/mol. The number of rotatable bonds is 5. The van der Waals surface area contributed by atoms with Gasteiger partial charge in [0.05, 0.1) is 11.9 Å². The van der Waals surface area contributed by atoms with Gasteiger partial charge in [0.1, 0.15) is 11.3 Å². The molecule has 0 saturated carbocycles. The molecule has 2 aromatic heterocycles. The standard InChI is InChI=1S/C13H16N4O4/c1-4-9-10(7(2)21-16-9)12(18)15-11(13(19)20)8-5-14-17(3)6-8/h5-6,11H,4H2,1-3H3,(H,15,18)(H,19,20). The van der Waals surface area contributed by atoms with Crippen LogP contribution in [0, 0.1) is 6.92 Å². The van der Waals surface area contributed by atoms with Gasteiger partial charge in [0.25, 0.3) is 5.91 Å². The number of nitrogens with zero attached hydrogens (tertiary/aromatic N) is 3. The zero-order chi connectivity index (χ0) is 15.6. The monoisotopic (exact) mass is 292 g/mol. The van der Waals surface area contributed by atoms with Crippen LogP contribution in [-0.2, 0) is 18.3 Å². The molecule has 0 aliphatic carbocycles. The summed E-state index contributed by atoms with van der Waals surface area (Å²) in [5.74, 6) is -1.33. The van der Waals surface area contributed by atoms with E-state index in [4.69, 9.17) is 4.52 Å². The molecule has 8 nitrogen and oxygen atoms in total. The van der Waals surface area contributed by atoms with Gasteiger partial charge in [0.15, 0.2) is 6.04 Å². The van der Waals surface area contributed by atoms with Gasteiger partial charge in [-0.2, -0.15) is 5.10 Å². The molecule has 0 fully saturated rings. The lowest BCUT2D eigenvalue weighted by Gasteiger charge is -2.12. The van der Waals surface area contributed by atoms with Crippen molar-refractivity contribution >= 4 is 11.9 Å². The predicted octanol–water partition coefficient (Wildman–Crippen LogP) is 0.835. The van der Waals surface area contributed by atoms with Crippen molar-refractivity contribution in [2.45, 2.75) is 26.3 Å². The van der Waals surface area contributed by atoms with Gasteiger partial charge < -0.3 is 14.9 Å². The highest BCUT2D eigenvalue weighted by molar-refractivity contribution is 5.98. The van der Waals surface area contributed by atoms with Crippen LogP contribution in [0.1, 0.15) is 40.3 Å². The lowest BCUT2D eigenvalue weighted by atomic mass is 10.1. The first-order valence-electron chi connectivity index (χ1n) is 6.41. The number of aromatic nitrogens is 3. The van der Waals surface area contributed by atoms with E-state index in [1.807, 2.05) is 6.92 Å². The van der Waals surface area contributed by atoms with Crippen LogP contribution < -0.4 is 5.32 Å². The van der Waals surface area contributed by atoms with Crippen molar-refractivity contribution in [2.24, 2.45) is 7.05 Å². The molecule has 2 N–H and O–H groups in total. The number of carboxylic acid groups (broad SMARTS) is 1. The van der Waals surface area contributed by atoms with Gasteiger partial charge in [0, 0.05) is 18.8 Å². The minimum atomic E-state index is -1.18. The Bertz CT molecular complexity index is 674. The molecule has 1 amide bonds. The van der Waals surface area contributed by atoms with Crippen molar-refractivity contribution < 1.29 is 19.2 Å². The Hall–Kier alpha value is -2.64. The van der Waals surface area contributed by atoms with Crippen molar-refractivity contribution in [1.29, 1.82) is 0 Å². The normalized spacial score (nSPS) is 12.1. The second-order valence-electron chi connectivity index (χ2n) is 4.61. The van der Waals surface area contributed by atoms with Crippen LogP contribution >= 0.6 is 0 Å². The first-order chi connectivity index (χ1) is 9.93. The first kappa shape index (κ1) is 14.8. The smallest absolute Gasteiger partial charge is 0.331 e.